The van der Waals surface area contributed by atoms with Crippen LogP contribution in [0.4, 0.5) is 0 Å². The van der Waals surface area contributed by atoms with Crippen molar-refractivity contribution >= 4 is 75.7 Å². The van der Waals surface area contributed by atoms with Crippen LogP contribution in [0, 0.1) is 41.5 Å². The summed E-state index contributed by atoms with van der Waals surface area (Å²) < 4.78 is 2.37. The zero-order valence-corrected chi connectivity index (χ0v) is 85.5. The number of nitrogens with zero attached hydrogens (tertiary/aromatic N) is 1. The van der Waals surface area contributed by atoms with E-state index in [1.165, 1.54) is 271 Å². The van der Waals surface area contributed by atoms with Gasteiger partial charge in [0.25, 0.3) is 0 Å². The molecule has 0 fully saturated rings. The number of benzene rings is 24. The van der Waals surface area contributed by atoms with Crippen molar-refractivity contribution in [2.45, 2.75) is 90.9 Å². The van der Waals surface area contributed by atoms with E-state index in [1.54, 1.807) is 0 Å². The van der Waals surface area contributed by atoms with Crippen LogP contribution in [0.5, 0.6) is 0 Å². The molecule has 0 N–H and O–H groups in total. The summed E-state index contributed by atoms with van der Waals surface area (Å²) in [4.78, 5) is 0. The van der Waals surface area contributed by atoms with Crippen LogP contribution in [-0.2, 0) is 5.41 Å². The molecule has 5 aliphatic rings. The largest absolute Gasteiger partial charge is 0.309 e. The maximum atomic E-state index is 2.39. The first-order chi connectivity index (χ1) is 73.3. The Balaban J connectivity index is 0.0000000934. The molecule has 0 bridgehead atoms. The predicted molar refractivity (Wildman–Crippen MR) is 633 cm³/mol. The third kappa shape index (κ3) is 16.5. The Bertz CT molecular complexity index is 9390. The van der Waals surface area contributed by atoms with Crippen molar-refractivity contribution in [3.8, 4) is 83.6 Å². The van der Waals surface area contributed by atoms with Crippen LogP contribution in [0.1, 0.15) is 155 Å². The quantitative estimate of drug-likeness (QED) is 0.143. The third-order valence-electron chi connectivity index (χ3n) is 32.2. The summed E-state index contributed by atoms with van der Waals surface area (Å²) in [5.41, 5.74) is 50.2. The monoisotopic (exact) mass is 1910 g/mol. The molecule has 4 atom stereocenters. The van der Waals surface area contributed by atoms with E-state index < -0.39 is 0 Å². The highest BCUT2D eigenvalue weighted by Gasteiger charge is 2.48. The molecule has 149 heavy (non-hydrogen) atoms. The topological polar surface area (TPSA) is 4.93 Å². The summed E-state index contributed by atoms with van der Waals surface area (Å²) in [7, 11) is 0. The van der Waals surface area contributed by atoms with Crippen LogP contribution in [0.15, 0.2) is 516 Å². The van der Waals surface area contributed by atoms with Gasteiger partial charge in [0, 0.05) is 40.1 Å². The molecule has 0 aliphatic heterocycles. The van der Waals surface area contributed by atoms with Crippen LogP contribution in [0.25, 0.3) is 159 Å². The summed E-state index contributed by atoms with van der Waals surface area (Å²) in [5.74, 6) is 1.63. The van der Waals surface area contributed by atoms with Gasteiger partial charge in [-0.2, -0.15) is 0 Å². The van der Waals surface area contributed by atoms with Crippen LogP contribution < -0.4 is 0 Å². The van der Waals surface area contributed by atoms with Crippen molar-refractivity contribution in [1.82, 2.24) is 4.57 Å². The molecule has 1 nitrogen and oxygen atoms in total. The molecule has 1 aromatic heterocycles. The van der Waals surface area contributed by atoms with Crippen LogP contribution in [0.2, 0.25) is 0 Å². The normalized spacial score (nSPS) is 14.4. The van der Waals surface area contributed by atoms with Gasteiger partial charge in [-0.15, -0.1) is 0 Å². The third-order valence-corrected chi connectivity index (χ3v) is 32.2. The number of hydrogen-bond acceptors (Lipinski definition) is 0. The van der Waals surface area contributed by atoms with E-state index in [4.69, 9.17) is 0 Å². The first kappa shape index (κ1) is 92.5. The Morgan fingerprint density at radius 2 is 0.530 bits per heavy atom. The van der Waals surface area contributed by atoms with Crippen molar-refractivity contribution in [1.29, 1.82) is 0 Å². The average molecular weight is 1910 g/mol. The highest BCUT2D eigenvalue weighted by atomic mass is 15.0. The lowest BCUT2D eigenvalue weighted by atomic mass is 9.66. The van der Waals surface area contributed by atoms with Crippen molar-refractivity contribution in [3.05, 3.63) is 627 Å². The second-order valence-electron chi connectivity index (χ2n) is 41.3. The van der Waals surface area contributed by atoms with E-state index in [1.807, 2.05) is 0 Å². The van der Waals surface area contributed by atoms with Gasteiger partial charge in [-0.3, -0.25) is 0 Å². The summed E-state index contributed by atoms with van der Waals surface area (Å²) >= 11 is 0. The zero-order valence-electron chi connectivity index (χ0n) is 85.5. The minimum Gasteiger partial charge on any atom is -0.309 e. The Kier molecular flexibility index (Phi) is 24.2. The van der Waals surface area contributed by atoms with E-state index in [-0.39, 0.29) is 11.3 Å². The summed E-state index contributed by atoms with van der Waals surface area (Å²) in [6, 6.07) is 189. The summed E-state index contributed by atoms with van der Waals surface area (Å²) in [6.07, 6.45) is 1.16. The molecule has 24 aromatic carbocycles. The van der Waals surface area contributed by atoms with Gasteiger partial charge in [-0.25, -0.2) is 0 Å². The average Bonchev–Trinajstić information content (AvgIpc) is 1.53. The van der Waals surface area contributed by atoms with Gasteiger partial charge in [0.1, 0.15) is 0 Å². The first-order valence-corrected chi connectivity index (χ1v) is 52.9. The molecule has 712 valence electrons. The molecular formula is C148H115N. The fourth-order valence-electron chi connectivity index (χ4n) is 25.5. The SMILES string of the molecule is CCC1c2cc(C)ccc2-c2ccc3ccccc3c21.Cc1ccc2c(c1)C(C)c1c-2ccc2ccccc12.Cc1ccc2c(c1)C(c1ccc(-c3ccccc3)cc1)c1c-2ccc2ccccc12.Cc1ccc2c(c1)C(c1ccccc1)(c1ccccc1)c1c-2ccc2ccccc12.Cc1ccc2c(c1)C(c1ccccc1)c1c-2ccc2ccccc12.Cc1ccc2c3ccccc3n(-c3ccc(-c4ccccc4)cc3)c2c1. The number of fused-ring (bicyclic) bond motifs is 28. The van der Waals surface area contributed by atoms with Gasteiger partial charge < -0.3 is 4.57 Å². The molecule has 0 saturated heterocycles. The summed E-state index contributed by atoms with van der Waals surface area (Å²) in [5, 5.41) is 16.1. The molecular weight excluding hydrogens is 1790 g/mol. The fraction of sp³-hybridized carbons (Fsp3) is 0.0946. The Hall–Kier alpha value is -17.6. The maximum absolute atomic E-state index is 2.39. The highest BCUT2D eigenvalue weighted by Crippen LogP contribution is 2.60. The minimum atomic E-state index is -0.333. The van der Waals surface area contributed by atoms with Crippen LogP contribution in [-0.4, -0.2) is 4.57 Å². The lowest BCUT2D eigenvalue weighted by molar-refractivity contribution is 0.774. The molecule has 0 saturated carbocycles. The summed E-state index contributed by atoms with van der Waals surface area (Å²) in [6.45, 7) is 17.7. The van der Waals surface area contributed by atoms with Crippen LogP contribution in [0.3, 0.4) is 0 Å². The molecule has 0 radical (unpaired) electrons. The molecule has 0 amide bonds. The molecule has 5 aliphatic carbocycles. The number of hydrogen-bond donors (Lipinski definition) is 0. The van der Waals surface area contributed by atoms with E-state index >= 15 is 0 Å². The number of rotatable bonds is 8. The first-order valence-electron chi connectivity index (χ1n) is 52.9. The lowest BCUT2D eigenvalue weighted by Crippen LogP contribution is -2.28. The Labute approximate surface area is 875 Å². The number of aromatic nitrogens is 1. The van der Waals surface area contributed by atoms with E-state index in [2.05, 4.69) is 576 Å². The molecule has 4 unspecified atom stereocenters. The molecule has 25 aromatic rings. The zero-order chi connectivity index (χ0) is 100. The van der Waals surface area contributed by atoms with Gasteiger partial charge in [0.15, 0.2) is 0 Å². The second kappa shape index (κ2) is 39.1. The van der Waals surface area contributed by atoms with Crippen molar-refractivity contribution in [2.75, 3.05) is 0 Å². The van der Waals surface area contributed by atoms with E-state index in [9.17, 15) is 0 Å². The highest BCUT2D eigenvalue weighted by molar-refractivity contribution is 6.10. The van der Waals surface area contributed by atoms with Crippen molar-refractivity contribution < 1.29 is 0 Å². The van der Waals surface area contributed by atoms with Crippen molar-refractivity contribution in [2.24, 2.45) is 0 Å². The van der Waals surface area contributed by atoms with Gasteiger partial charge >= 0.3 is 0 Å². The predicted octanol–water partition coefficient (Wildman–Crippen LogP) is 39.5. The second-order valence-corrected chi connectivity index (χ2v) is 41.3. The van der Waals surface area contributed by atoms with Gasteiger partial charge in [-0.1, -0.05) is 533 Å². The number of aryl methyl sites for hydroxylation is 6. The maximum Gasteiger partial charge on any atom is 0.0719 e. The number of para-hydroxylation sites is 1. The fourth-order valence-corrected chi connectivity index (χ4v) is 25.5. The Morgan fingerprint density at radius 3 is 1.01 bits per heavy atom. The van der Waals surface area contributed by atoms with E-state index in [0.29, 0.717) is 17.8 Å². The molecule has 30 rings (SSSR count). The standard InChI is InChI=1S/2C30H22.C25H19N.C24H18.C20H18.C19H16/c1-21-16-18-26-27-19-17-22-10-8-9-15-25(22)29(27)30(28(26)20-21,23-11-4-2-5-12-23)24-13-6-3-7-14-24;1-20-11-17-26-27-18-16-23-9-5-6-10-25(23)30(27)29(28(26)19-20)24-14-12-22(13-15-24)21-7-3-2-4-8-21;1-18-11-16-23-22-9-5-6-10-24(22)26(25(23)17-18)21-14-12-20(13-15-21)19-7-3-2-4-8-19;1-16-11-13-20-21-14-12-17-7-5-6-10-19(17)24(21)23(22(20)15-16)18-8-3-2-4-9-18;1-3-15-19-12-13(2)8-10-17(19)18-11-9-14-6-4-5-7-16(14)20(15)18;1-12-7-9-16-17-10-8-14-5-3-4-6-15(14)19(17)13(2)18(16)11-12/h2-20H,1H3;2-19,29H,1H3;2-17H,1H3;2-15,23H,1H3;4-12,15H,3H2,1-2H3;3-11,13H,1-2H3. The van der Waals surface area contributed by atoms with Gasteiger partial charge in [0.05, 0.1) is 16.4 Å². The van der Waals surface area contributed by atoms with E-state index in [0.717, 1.165) is 6.42 Å². The smallest absolute Gasteiger partial charge is 0.0719 e. The van der Waals surface area contributed by atoms with Crippen molar-refractivity contribution in [3.63, 3.8) is 0 Å². The minimum absolute atomic E-state index is 0.269. The molecule has 0 spiro atoms. The molecule has 1 heteroatoms. The molecule has 1 heterocycles. The Morgan fingerprint density at radius 1 is 0.215 bits per heavy atom. The van der Waals surface area contributed by atoms with Gasteiger partial charge in [0.2, 0.25) is 0 Å². The van der Waals surface area contributed by atoms with Crippen LogP contribution >= 0.6 is 0 Å². The lowest BCUT2D eigenvalue weighted by Gasteiger charge is -2.34. The van der Waals surface area contributed by atoms with Gasteiger partial charge in [-0.05, 0) is 287 Å².